The predicted molar refractivity (Wildman–Crippen MR) is 105 cm³/mol. The third kappa shape index (κ3) is 6.28. The van der Waals surface area contributed by atoms with Gasteiger partial charge in [-0.05, 0) is 0 Å². The molecule has 15 heteroatoms. The fourth-order valence-electron chi connectivity index (χ4n) is 3.38. The van der Waals surface area contributed by atoms with Crippen molar-refractivity contribution in [3.8, 4) is 0 Å². The molecule has 0 aromatic carbocycles. The van der Waals surface area contributed by atoms with Gasteiger partial charge in [0.25, 0.3) is 5.69 Å². The Morgan fingerprint density at radius 1 is 0.971 bits per heavy atom. The van der Waals surface area contributed by atoms with Crippen molar-refractivity contribution in [3.63, 3.8) is 0 Å². The van der Waals surface area contributed by atoms with Crippen LogP contribution in [0.15, 0.2) is 12.3 Å². The van der Waals surface area contributed by atoms with E-state index in [2.05, 4.69) is 0 Å². The number of aromatic nitrogens is 1. The maximum atomic E-state index is 11.8. The maximum absolute atomic E-state index is 11.8. The van der Waals surface area contributed by atoms with Crippen molar-refractivity contribution >= 4 is 35.5 Å². The van der Waals surface area contributed by atoms with Crippen molar-refractivity contribution in [2.75, 3.05) is 6.61 Å². The summed E-state index contributed by atoms with van der Waals surface area (Å²) in [7, 11) is 0. The molecule has 0 spiro atoms. The number of nitrogens with zero attached hydrogens (tertiary/aromatic N) is 2. The standard InChI is InChI=1S/C19H22N2O13/c1-8(22)30-7-14-15(31-9(2)23)16(32-10(3)24)17(33-11(4)25)18(34-14)20-6-12(21(28)29)5-13(20)19(26)27/h5-6,14-18H,7H2,1-4H3,(H,26,27)/t14-,15-,16-,17-,18+/m1/s1. The van der Waals surface area contributed by atoms with Crippen LogP contribution < -0.4 is 0 Å². The summed E-state index contributed by atoms with van der Waals surface area (Å²) in [5, 5.41) is 20.8. The van der Waals surface area contributed by atoms with Gasteiger partial charge in [-0.25, -0.2) is 4.79 Å². The third-order valence-electron chi connectivity index (χ3n) is 4.50. The minimum absolute atomic E-state index is 0.542. The number of carbonyl (C=O) groups is 5. The van der Waals surface area contributed by atoms with Crippen molar-refractivity contribution in [1.82, 2.24) is 4.57 Å². The normalized spacial score (nSPS) is 23.9. The van der Waals surface area contributed by atoms with E-state index >= 15 is 0 Å². The topological polar surface area (TPSA) is 200 Å². The monoisotopic (exact) mass is 486 g/mol. The van der Waals surface area contributed by atoms with Crippen molar-refractivity contribution in [2.24, 2.45) is 0 Å². The van der Waals surface area contributed by atoms with Gasteiger partial charge < -0.3 is 33.4 Å². The van der Waals surface area contributed by atoms with E-state index in [9.17, 15) is 39.2 Å². The highest BCUT2D eigenvalue weighted by atomic mass is 16.7. The minimum Gasteiger partial charge on any atom is -0.477 e. The van der Waals surface area contributed by atoms with Gasteiger partial charge >= 0.3 is 29.8 Å². The molecule has 0 saturated carbocycles. The molecule has 2 rings (SSSR count). The second-order valence-corrected chi connectivity index (χ2v) is 7.14. The lowest BCUT2D eigenvalue weighted by molar-refractivity contribution is -0.385. The SMILES string of the molecule is CC(=O)OC[C@H]1O[C@H](n2cc([N+](=O)[O-])cc2C(=O)O)[C@H](OC(C)=O)[C@H](OC(C)=O)[C@@H]1OC(C)=O. The van der Waals surface area contributed by atoms with Crippen molar-refractivity contribution in [2.45, 2.75) is 58.3 Å². The van der Waals surface area contributed by atoms with E-state index in [1.807, 2.05) is 0 Å². The van der Waals surface area contributed by atoms with Crippen LogP contribution in [0.2, 0.25) is 0 Å². The summed E-state index contributed by atoms with van der Waals surface area (Å²) in [6.45, 7) is 3.61. The van der Waals surface area contributed by atoms with Crippen LogP contribution in [-0.2, 0) is 42.9 Å². The smallest absolute Gasteiger partial charge is 0.352 e. The van der Waals surface area contributed by atoms with Gasteiger partial charge in [-0.15, -0.1) is 0 Å². The Morgan fingerprint density at radius 3 is 1.97 bits per heavy atom. The average Bonchev–Trinajstić information content (AvgIpc) is 3.14. The molecule has 34 heavy (non-hydrogen) atoms. The van der Waals surface area contributed by atoms with Crippen molar-refractivity contribution in [3.05, 3.63) is 28.1 Å². The molecule has 1 aliphatic rings. The summed E-state index contributed by atoms with van der Waals surface area (Å²) in [6.07, 6.45) is -6.79. The summed E-state index contributed by atoms with van der Waals surface area (Å²) >= 11 is 0. The Kier molecular flexibility index (Phi) is 8.29. The first-order chi connectivity index (χ1) is 15.8. The molecular weight excluding hydrogens is 464 g/mol. The van der Waals surface area contributed by atoms with Crippen LogP contribution in [0.4, 0.5) is 5.69 Å². The van der Waals surface area contributed by atoms with E-state index in [0.717, 1.165) is 44.5 Å². The van der Waals surface area contributed by atoms with Gasteiger partial charge in [-0.2, -0.15) is 0 Å². The number of hydrogen-bond donors (Lipinski definition) is 1. The maximum Gasteiger partial charge on any atom is 0.352 e. The van der Waals surface area contributed by atoms with E-state index in [1.54, 1.807) is 0 Å². The summed E-state index contributed by atoms with van der Waals surface area (Å²) in [4.78, 5) is 68.9. The van der Waals surface area contributed by atoms with E-state index in [0.29, 0.717) is 0 Å². The molecule has 0 radical (unpaired) electrons. The Bertz CT molecular complexity index is 1000. The first kappa shape index (κ1) is 26.2. The van der Waals surface area contributed by atoms with Crippen LogP contribution in [0.3, 0.4) is 0 Å². The first-order valence-corrected chi connectivity index (χ1v) is 9.71. The fraction of sp³-hybridized carbons (Fsp3) is 0.526. The highest BCUT2D eigenvalue weighted by molar-refractivity contribution is 5.87. The molecule has 1 N–H and O–H groups in total. The van der Waals surface area contributed by atoms with Gasteiger partial charge in [0.15, 0.2) is 24.5 Å². The second-order valence-electron chi connectivity index (χ2n) is 7.14. The second kappa shape index (κ2) is 10.7. The van der Waals surface area contributed by atoms with Crippen LogP contribution in [0.1, 0.15) is 44.4 Å². The minimum atomic E-state index is -1.62. The molecule has 1 saturated heterocycles. The number of carboxylic acids is 1. The lowest BCUT2D eigenvalue weighted by Gasteiger charge is -2.44. The molecule has 0 unspecified atom stereocenters. The third-order valence-corrected chi connectivity index (χ3v) is 4.50. The highest BCUT2D eigenvalue weighted by Crippen LogP contribution is 2.36. The average molecular weight is 486 g/mol. The summed E-state index contributed by atoms with van der Waals surface area (Å²) in [6, 6.07) is 0.747. The van der Waals surface area contributed by atoms with Crippen LogP contribution in [-0.4, -0.2) is 75.5 Å². The van der Waals surface area contributed by atoms with E-state index < -0.39 is 83.4 Å². The number of aromatic carboxylic acids is 1. The van der Waals surface area contributed by atoms with Crippen molar-refractivity contribution in [1.29, 1.82) is 0 Å². The number of ether oxygens (including phenoxy) is 5. The number of carboxylic acid groups (broad SMARTS) is 1. The number of rotatable bonds is 8. The molecule has 5 atom stereocenters. The number of nitro groups is 1. The zero-order valence-corrected chi connectivity index (χ0v) is 18.5. The van der Waals surface area contributed by atoms with Crippen molar-refractivity contribution < 1.29 is 57.7 Å². The Hall–Kier alpha value is -4.01. The summed E-state index contributed by atoms with van der Waals surface area (Å²) in [5.74, 6) is -4.96. The van der Waals surface area contributed by atoms with Gasteiger partial charge in [0, 0.05) is 33.8 Å². The summed E-state index contributed by atoms with van der Waals surface area (Å²) < 4.78 is 27.2. The molecule has 186 valence electrons. The molecule has 1 aliphatic heterocycles. The molecule has 1 fully saturated rings. The van der Waals surface area contributed by atoms with Gasteiger partial charge in [0.1, 0.15) is 18.4 Å². The quantitative estimate of drug-likeness (QED) is 0.228. The molecule has 0 amide bonds. The molecule has 2 heterocycles. The van der Waals surface area contributed by atoms with Crippen LogP contribution in [0.5, 0.6) is 0 Å². The molecule has 15 nitrogen and oxygen atoms in total. The van der Waals surface area contributed by atoms with E-state index in [4.69, 9.17) is 23.7 Å². The zero-order valence-electron chi connectivity index (χ0n) is 18.5. The molecule has 0 bridgehead atoms. The molecule has 1 aromatic heterocycles. The molecule has 0 aliphatic carbocycles. The predicted octanol–water partition coefficient (Wildman–Crippen LogP) is 0.350. The lowest BCUT2D eigenvalue weighted by atomic mass is 9.97. The van der Waals surface area contributed by atoms with Crippen LogP contribution in [0, 0.1) is 10.1 Å². The van der Waals surface area contributed by atoms with E-state index in [1.165, 1.54) is 0 Å². The Morgan fingerprint density at radius 2 is 1.50 bits per heavy atom. The summed E-state index contributed by atoms with van der Waals surface area (Å²) in [5.41, 5.74) is -1.24. The van der Waals surface area contributed by atoms with Gasteiger partial charge in [-0.3, -0.25) is 29.3 Å². The lowest BCUT2D eigenvalue weighted by Crippen LogP contribution is -2.60. The molecular formula is C19H22N2O13. The Balaban J connectivity index is 2.69. The number of carbonyl (C=O) groups excluding carboxylic acids is 4. The fourth-order valence-corrected chi connectivity index (χ4v) is 3.38. The van der Waals surface area contributed by atoms with Gasteiger partial charge in [0.05, 0.1) is 11.1 Å². The Labute approximate surface area is 191 Å². The van der Waals surface area contributed by atoms with Crippen LogP contribution >= 0.6 is 0 Å². The van der Waals surface area contributed by atoms with Crippen LogP contribution in [0.25, 0.3) is 0 Å². The van der Waals surface area contributed by atoms with Gasteiger partial charge in [-0.1, -0.05) is 0 Å². The zero-order chi connectivity index (χ0) is 25.7. The number of hydrogen-bond acceptors (Lipinski definition) is 12. The van der Waals surface area contributed by atoms with Gasteiger partial charge in [0.2, 0.25) is 0 Å². The largest absolute Gasteiger partial charge is 0.477 e. The number of esters is 4. The highest BCUT2D eigenvalue weighted by Gasteiger charge is 2.53. The first-order valence-electron chi connectivity index (χ1n) is 9.71. The molecule has 1 aromatic rings. The van der Waals surface area contributed by atoms with E-state index in [-0.39, 0.29) is 0 Å².